The molecule has 0 amide bonds. The molecule has 144 valence electrons. The van der Waals surface area contributed by atoms with E-state index in [1.54, 1.807) is 0 Å². The summed E-state index contributed by atoms with van der Waals surface area (Å²) in [6.45, 7) is 0.755. The van der Waals surface area contributed by atoms with E-state index in [4.69, 9.17) is 11.6 Å². The quantitative estimate of drug-likeness (QED) is 0.479. The summed E-state index contributed by atoms with van der Waals surface area (Å²) in [6.07, 6.45) is -3.52. The average molecular weight is 410 g/mol. The summed E-state index contributed by atoms with van der Waals surface area (Å²) in [5, 5.41) is 3.32. The fourth-order valence-electron chi connectivity index (χ4n) is 2.37. The van der Waals surface area contributed by atoms with Crippen LogP contribution in [0.25, 0.3) is 16.9 Å². The number of rotatable bonds is 2. The summed E-state index contributed by atoms with van der Waals surface area (Å²) in [4.78, 5) is 7.43. The Morgan fingerprint density at radius 1 is 1.11 bits per heavy atom. The molecule has 0 N–H and O–H groups in total. The van der Waals surface area contributed by atoms with E-state index >= 15 is 0 Å². The molecule has 5 nitrogen and oxygen atoms in total. The Morgan fingerprint density at radius 3 is 2.26 bits per heavy atom. The van der Waals surface area contributed by atoms with Gasteiger partial charge in [0.1, 0.15) is 35.0 Å². The summed E-state index contributed by atoms with van der Waals surface area (Å²) in [7, 11) is 1.49. The summed E-state index contributed by atoms with van der Waals surface area (Å²) in [5.74, 6) is -3.96. The number of hydrogen-bond donors (Lipinski definition) is 0. The van der Waals surface area contributed by atoms with Crippen LogP contribution in [0.4, 0.5) is 26.3 Å². The fraction of sp³-hybridized carbons (Fsp3) is 0.267. The predicted molar refractivity (Wildman–Crippen MR) is 83.4 cm³/mol. The van der Waals surface area contributed by atoms with Crippen molar-refractivity contribution in [2.45, 2.75) is 19.1 Å². The van der Waals surface area contributed by atoms with Gasteiger partial charge in [0.2, 0.25) is 5.78 Å². The zero-order valence-electron chi connectivity index (χ0n) is 13.7. The van der Waals surface area contributed by atoms with Gasteiger partial charge in [-0.1, -0.05) is 11.6 Å². The number of nitrogens with zero attached hydrogens (tertiary/aromatic N) is 5. The fourth-order valence-corrected chi connectivity index (χ4v) is 2.63. The van der Waals surface area contributed by atoms with Gasteiger partial charge in [-0.15, -0.1) is 0 Å². The van der Waals surface area contributed by atoms with Gasteiger partial charge in [0.05, 0.1) is 11.1 Å². The van der Waals surface area contributed by atoms with Crippen LogP contribution in [0.3, 0.4) is 0 Å². The average Bonchev–Trinajstić information content (AvgIpc) is 2.89. The van der Waals surface area contributed by atoms with Crippen LogP contribution in [0, 0.1) is 17.5 Å². The van der Waals surface area contributed by atoms with Crippen molar-refractivity contribution in [3.63, 3.8) is 0 Å². The van der Waals surface area contributed by atoms with Gasteiger partial charge in [0.25, 0.3) is 0 Å². The molecule has 0 saturated carbocycles. The second-order valence-corrected chi connectivity index (χ2v) is 6.00. The van der Waals surface area contributed by atoms with Crippen LogP contribution in [0.2, 0.25) is 5.15 Å². The molecule has 0 aliphatic heterocycles. The first kappa shape index (κ1) is 19.2. The lowest BCUT2D eigenvalue weighted by atomic mass is 10.1. The third-order valence-corrected chi connectivity index (χ3v) is 3.99. The molecular formula is C15H10ClF6N5. The molecule has 27 heavy (non-hydrogen) atoms. The summed E-state index contributed by atoms with van der Waals surface area (Å²) in [5.41, 5.74) is -2.00. The molecule has 3 rings (SSSR count). The highest BCUT2D eigenvalue weighted by Gasteiger charge is 2.36. The first-order valence-electron chi connectivity index (χ1n) is 7.36. The Hall–Kier alpha value is -2.56. The Bertz CT molecular complexity index is 1080. The van der Waals surface area contributed by atoms with Gasteiger partial charge in [-0.05, 0) is 6.92 Å². The minimum absolute atomic E-state index is 0.0141. The maximum absolute atomic E-state index is 14.3. The predicted octanol–water partition coefficient (Wildman–Crippen LogP) is 3.66. The molecule has 1 atom stereocenters. The molecule has 2 heterocycles. The highest BCUT2D eigenvalue weighted by Crippen LogP contribution is 2.30. The van der Waals surface area contributed by atoms with Crippen LogP contribution >= 0.6 is 11.6 Å². The summed E-state index contributed by atoms with van der Waals surface area (Å²) < 4.78 is 83.0. The SMILES string of the molecule is CC(N=c1c(-c2c(F)cc(F)cc2F)c(Cl)nc2n(C)cnn12)C(F)(F)F. The molecule has 0 aliphatic rings. The van der Waals surface area contributed by atoms with Crippen molar-refractivity contribution in [3.8, 4) is 11.1 Å². The second kappa shape index (κ2) is 6.55. The summed E-state index contributed by atoms with van der Waals surface area (Å²) >= 11 is 6.02. The minimum Gasteiger partial charge on any atom is -0.303 e. The van der Waals surface area contributed by atoms with Crippen molar-refractivity contribution in [1.82, 2.24) is 19.2 Å². The Labute approximate surface area is 152 Å². The van der Waals surface area contributed by atoms with E-state index in [-0.39, 0.29) is 5.78 Å². The zero-order chi connectivity index (χ0) is 20.1. The van der Waals surface area contributed by atoms with Gasteiger partial charge in [0, 0.05) is 19.2 Å². The molecule has 0 fully saturated rings. The molecule has 0 bridgehead atoms. The van der Waals surface area contributed by atoms with E-state index in [1.165, 1.54) is 17.9 Å². The van der Waals surface area contributed by atoms with Gasteiger partial charge in [-0.3, -0.25) is 4.99 Å². The van der Waals surface area contributed by atoms with Crippen molar-refractivity contribution in [2.24, 2.45) is 12.0 Å². The highest BCUT2D eigenvalue weighted by molar-refractivity contribution is 6.32. The third-order valence-electron chi connectivity index (χ3n) is 3.72. The molecule has 1 aromatic carbocycles. The van der Waals surface area contributed by atoms with Crippen LogP contribution in [0.15, 0.2) is 23.5 Å². The number of aromatic nitrogens is 4. The first-order valence-corrected chi connectivity index (χ1v) is 7.74. The first-order chi connectivity index (χ1) is 12.5. The Kier molecular flexibility index (Phi) is 4.66. The van der Waals surface area contributed by atoms with E-state index < -0.39 is 51.4 Å². The lowest BCUT2D eigenvalue weighted by molar-refractivity contribution is -0.143. The number of alkyl halides is 3. The van der Waals surface area contributed by atoms with E-state index in [9.17, 15) is 26.3 Å². The van der Waals surface area contributed by atoms with E-state index in [1.807, 2.05) is 0 Å². The maximum Gasteiger partial charge on any atom is 0.410 e. The van der Waals surface area contributed by atoms with Gasteiger partial charge < -0.3 is 4.57 Å². The molecule has 1 unspecified atom stereocenters. The van der Waals surface area contributed by atoms with Crippen LogP contribution in [-0.4, -0.2) is 31.4 Å². The molecule has 0 aliphatic carbocycles. The normalized spacial score (nSPS) is 14.2. The second-order valence-electron chi connectivity index (χ2n) is 5.65. The van der Waals surface area contributed by atoms with Crippen LogP contribution in [0.1, 0.15) is 6.92 Å². The number of hydrogen-bond acceptors (Lipinski definition) is 3. The topological polar surface area (TPSA) is 47.5 Å². The Morgan fingerprint density at radius 2 is 1.70 bits per heavy atom. The molecule has 2 aromatic heterocycles. The molecular weight excluding hydrogens is 400 g/mol. The Balaban J connectivity index is 2.49. The largest absolute Gasteiger partial charge is 0.410 e. The van der Waals surface area contributed by atoms with Crippen molar-refractivity contribution in [1.29, 1.82) is 0 Å². The van der Waals surface area contributed by atoms with Crippen molar-refractivity contribution < 1.29 is 26.3 Å². The zero-order valence-corrected chi connectivity index (χ0v) is 14.4. The van der Waals surface area contributed by atoms with Gasteiger partial charge in [-0.2, -0.15) is 27.8 Å². The molecule has 0 spiro atoms. The van der Waals surface area contributed by atoms with Crippen molar-refractivity contribution >= 4 is 17.4 Å². The smallest absolute Gasteiger partial charge is 0.303 e. The van der Waals surface area contributed by atoms with E-state index in [0.717, 1.165) is 11.4 Å². The lowest BCUT2D eigenvalue weighted by Crippen LogP contribution is -2.30. The number of benzene rings is 1. The third kappa shape index (κ3) is 3.38. The van der Waals surface area contributed by atoms with Gasteiger partial charge in [0.15, 0.2) is 5.49 Å². The number of halogens is 7. The number of fused-ring (bicyclic) bond motifs is 1. The van der Waals surface area contributed by atoms with E-state index in [0.29, 0.717) is 12.1 Å². The van der Waals surface area contributed by atoms with Crippen molar-refractivity contribution in [2.75, 3.05) is 0 Å². The van der Waals surface area contributed by atoms with Gasteiger partial charge in [-0.25, -0.2) is 13.2 Å². The number of aryl methyl sites for hydroxylation is 1. The maximum atomic E-state index is 14.3. The van der Waals surface area contributed by atoms with E-state index in [2.05, 4.69) is 15.1 Å². The monoisotopic (exact) mass is 409 g/mol. The molecule has 12 heteroatoms. The minimum atomic E-state index is -4.73. The van der Waals surface area contributed by atoms with Crippen molar-refractivity contribution in [3.05, 3.63) is 46.6 Å². The van der Waals surface area contributed by atoms with Crippen LogP contribution in [-0.2, 0) is 7.05 Å². The lowest BCUT2D eigenvalue weighted by Gasteiger charge is -2.13. The van der Waals surface area contributed by atoms with Crippen LogP contribution < -0.4 is 5.49 Å². The summed E-state index contributed by atoms with van der Waals surface area (Å²) in [6, 6.07) is -1.49. The highest BCUT2D eigenvalue weighted by atomic mass is 35.5. The molecule has 0 radical (unpaired) electrons. The van der Waals surface area contributed by atoms with Crippen LogP contribution in [0.5, 0.6) is 0 Å². The van der Waals surface area contributed by atoms with Gasteiger partial charge >= 0.3 is 6.18 Å². The standard InChI is InChI=1S/C15H10ClF6N5/c1-6(15(20,21)22)24-13-11(10-8(18)3-7(17)4-9(10)19)12(16)25-14-26(2)5-23-27(13)14/h3-6H,1-2H3. The molecule has 0 saturated heterocycles. The molecule has 3 aromatic rings.